The Balaban J connectivity index is 1.14. The van der Waals surface area contributed by atoms with Crippen molar-refractivity contribution in [1.82, 2.24) is 15.4 Å². The lowest BCUT2D eigenvalue weighted by molar-refractivity contribution is -0.384. The van der Waals surface area contributed by atoms with Gasteiger partial charge in [-0.15, -0.1) is 0 Å². The summed E-state index contributed by atoms with van der Waals surface area (Å²) in [5, 5.41) is 18.4. The smallest absolute Gasteiger partial charge is 0.270 e. The van der Waals surface area contributed by atoms with E-state index in [1.165, 1.54) is 17.8 Å². The van der Waals surface area contributed by atoms with Crippen LogP contribution in [0.15, 0.2) is 59.1 Å². The number of nitro groups is 1. The van der Waals surface area contributed by atoms with Crippen LogP contribution in [-0.4, -0.2) is 61.4 Å². The van der Waals surface area contributed by atoms with Crippen molar-refractivity contribution in [3.8, 4) is 17.0 Å². The van der Waals surface area contributed by atoms with Crippen LogP contribution in [0, 0.1) is 10.1 Å². The molecule has 3 aromatic rings. The van der Waals surface area contributed by atoms with Crippen LogP contribution in [0.1, 0.15) is 12.2 Å². The molecule has 0 spiro atoms. The Morgan fingerprint density at radius 3 is 2.64 bits per heavy atom. The highest BCUT2D eigenvalue weighted by atomic mass is 16.6. The fourth-order valence-electron chi connectivity index (χ4n) is 3.97. The zero-order valence-corrected chi connectivity index (χ0v) is 18.8. The lowest BCUT2D eigenvalue weighted by Crippen LogP contribution is -2.46. The molecule has 0 radical (unpaired) electrons. The van der Waals surface area contributed by atoms with E-state index < -0.39 is 4.92 Å². The molecule has 174 valence electrons. The van der Waals surface area contributed by atoms with Crippen molar-refractivity contribution in [2.75, 3.05) is 51.3 Å². The number of anilines is 1. The number of non-ortho nitro benzene ring substituents is 1. The van der Waals surface area contributed by atoms with E-state index in [-0.39, 0.29) is 5.69 Å². The molecule has 9 heteroatoms. The van der Waals surface area contributed by atoms with E-state index in [2.05, 4.69) is 32.4 Å². The van der Waals surface area contributed by atoms with Crippen LogP contribution in [-0.2, 0) is 6.54 Å². The van der Waals surface area contributed by atoms with Gasteiger partial charge in [-0.2, -0.15) is 0 Å². The molecule has 1 aliphatic heterocycles. The van der Waals surface area contributed by atoms with Gasteiger partial charge in [0.25, 0.3) is 5.69 Å². The molecule has 0 unspecified atom stereocenters. The van der Waals surface area contributed by atoms with Crippen molar-refractivity contribution in [3.05, 3.63) is 70.5 Å². The number of nitrogens with one attached hydrogen (secondary N) is 1. The molecule has 0 saturated carbocycles. The Bertz CT molecular complexity index is 1050. The minimum Gasteiger partial charge on any atom is -0.497 e. The van der Waals surface area contributed by atoms with E-state index >= 15 is 0 Å². The number of piperazine rings is 1. The number of nitrogens with zero attached hydrogens (tertiary/aromatic N) is 4. The standard InChI is InChI=1S/C24H29N5O4/c1-32-22-8-6-20(7-9-22)28-14-12-27(13-15-28)11-3-10-25-18-23-17-24(26-33-23)19-4-2-5-21(16-19)29(30)31/h2,4-9,16-17,25H,3,10-15,18H2,1H3. The van der Waals surface area contributed by atoms with Crippen LogP contribution in [0.2, 0.25) is 0 Å². The maximum atomic E-state index is 11.0. The fraction of sp³-hybridized carbons (Fsp3) is 0.375. The summed E-state index contributed by atoms with van der Waals surface area (Å²) in [7, 11) is 1.69. The van der Waals surface area contributed by atoms with Gasteiger partial charge in [0.05, 0.1) is 18.6 Å². The molecule has 9 nitrogen and oxygen atoms in total. The SMILES string of the molecule is COc1ccc(N2CCN(CCCNCc3cc(-c4cccc([N+](=O)[O-])c4)no3)CC2)cc1. The molecule has 1 fully saturated rings. The molecule has 1 N–H and O–H groups in total. The molecule has 1 aromatic heterocycles. The topological polar surface area (TPSA) is 96.9 Å². The molecule has 1 aliphatic rings. The van der Waals surface area contributed by atoms with Gasteiger partial charge in [0, 0.05) is 55.6 Å². The zero-order valence-electron chi connectivity index (χ0n) is 18.8. The van der Waals surface area contributed by atoms with Crippen molar-refractivity contribution >= 4 is 11.4 Å². The van der Waals surface area contributed by atoms with Gasteiger partial charge in [-0.25, -0.2) is 0 Å². The van der Waals surface area contributed by atoms with Crippen molar-refractivity contribution in [3.63, 3.8) is 0 Å². The number of aromatic nitrogens is 1. The summed E-state index contributed by atoms with van der Waals surface area (Å²) in [6.07, 6.45) is 1.05. The number of hydrogen-bond donors (Lipinski definition) is 1. The number of rotatable bonds is 10. The Hall–Kier alpha value is -3.43. The van der Waals surface area contributed by atoms with E-state index in [4.69, 9.17) is 9.26 Å². The molecular weight excluding hydrogens is 422 g/mol. The summed E-state index contributed by atoms with van der Waals surface area (Å²) in [6, 6.07) is 16.5. The second-order valence-electron chi connectivity index (χ2n) is 8.04. The predicted molar refractivity (Wildman–Crippen MR) is 127 cm³/mol. The highest BCUT2D eigenvalue weighted by Gasteiger charge is 2.17. The number of ether oxygens (including phenoxy) is 1. The molecule has 0 bridgehead atoms. The van der Waals surface area contributed by atoms with Gasteiger partial charge in [0.2, 0.25) is 0 Å². The molecular formula is C24H29N5O4. The summed E-state index contributed by atoms with van der Waals surface area (Å²) >= 11 is 0. The second-order valence-corrected chi connectivity index (χ2v) is 8.04. The minimum atomic E-state index is -0.412. The lowest BCUT2D eigenvalue weighted by atomic mass is 10.1. The molecule has 0 aliphatic carbocycles. The first-order chi connectivity index (χ1) is 16.1. The van der Waals surface area contributed by atoms with Gasteiger partial charge in [-0.05, 0) is 43.8 Å². The number of nitro benzene ring substituents is 1. The van der Waals surface area contributed by atoms with Crippen LogP contribution >= 0.6 is 0 Å². The first-order valence-electron chi connectivity index (χ1n) is 11.1. The van der Waals surface area contributed by atoms with E-state index in [0.29, 0.717) is 23.6 Å². The van der Waals surface area contributed by atoms with Gasteiger partial charge < -0.3 is 19.5 Å². The van der Waals surface area contributed by atoms with E-state index in [9.17, 15) is 10.1 Å². The average Bonchev–Trinajstić information content (AvgIpc) is 3.33. The summed E-state index contributed by atoms with van der Waals surface area (Å²) < 4.78 is 10.6. The quantitative estimate of drug-likeness (QED) is 0.284. The molecule has 33 heavy (non-hydrogen) atoms. The van der Waals surface area contributed by atoms with Crippen LogP contribution in [0.5, 0.6) is 5.75 Å². The first kappa shape index (κ1) is 22.8. The molecule has 0 atom stereocenters. The van der Waals surface area contributed by atoms with E-state index in [1.807, 2.05) is 18.2 Å². The third kappa shape index (κ3) is 6.09. The van der Waals surface area contributed by atoms with Crippen LogP contribution in [0.4, 0.5) is 11.4 Å². The number of methoxy groups -OCH3 is 1. The highest BCUT2D eigenvalue weighted by Crippen LogP contribution is 2.23. The number of hydrogen-bond acceptors (Lipinski definition) is 8. The maximum Gasteiger partial charge on any atom is 0.270 e. The molecule has 0 amide bonds. The highest BCUT2D eigenvalue weighted by molar-refractivity contribution is 5.62. The van der Waals surface area contributed by atoms with Crippen molar-refractivity contribution in [2.45, 2.75) is 13.0 Å². The van der Waals surface area contributed by atoms with Gasteiger partial charge in [0.1, 0.15) is 11.4 Å². The Kier molecular flexibility index (Phi) is 7.54. The van der Waals surface area contributed by atoms with Gasteiger partial charge >= 0.3 is 0 Å². The molecule has 2 heterocycles. The fourth-order valence-corrected chi connectivity index (χ4v) is 3.97. The second kappa shape index (κ2) is 10.9. The molecule has 1 saturated heterocycles. The van der Waals surface area contributed by atoms with Crippen LogP contribution < -0.4 is 15.0 Å². The summed E-state index contributed by atoms with van der Waals surface area (Å²) in [5.74, 6) is 1.60. The normalized spacial score (nSPS) is 14.4. The number of benzene rings is 2. The summed E-state index contributed by atoms with van der Waals surface area (Å²) in [6.45, 7) is 6.68. The van der Waals surface area contributed by atoms with Crippen molar-refractivity contribution in [2.24, 2.45) is 0 Å². The summed E-state index contributed by atoms with van der Waals surface area (Å²) in [5.41, 5.74) is 2.56. The first-order valence-corrected chi connectivity index (χ1v) is 11.1. The monoisotopic (exact) mass is 451 g/mol. The Labute approximate surface area is 193 Å². The van der Waals surface area contributed by atoms with Gasteiger partial charge in [-0.1, -0.05) is 17.3 Å². The third-order valence-electron chi connectivity index (χ3n) is 5.85. The van der Waals surface area contributed by atoms with E-state index in [0.717, 1.165) is 51.4 Å². The van der Waals surface area contributed by atoms with Crippen LogP contribution in [0.3, 0.4) is 0 Å². The minimum absolute atomic E-state index is 0.0417. The lowest BCUT2D eigenvalue weighted by Gasteiger charge is -2.36. The zero-order chi connectivity index (χ0) is 23.0. The van der Waals surface area contributed by atoms with Gasteiger partial charge in [-0.3, -0.25) is 15.0 Å². The van der Waals surface area contributed by atoms with Crippen molar-refractivity contribution in [1.29, 1.82) is 0 Å². The van der Waals surface area contributed by atoms with Crippen molar-refractivity contribution < 1.29 is 14.2 Å². The maximum absolute atomic E-state index is 11.0. The van der Waals surface area contributed by atoms with E-state index in [1.54, 1.807) is 19.2 Å². The Morgan fingerprint density at radius 1 is 1.12 bits per heavy atom. The Morgan fingerprint density at radius 2 is 1.91 bits per heavy atom. The average molecular weight is 452 g/mol. The molecule has 4 rings (SSSR count). The van der Waals surface area contributed by atoms with Crippen LogP contribution in [0.25, 0.3) is 11.3 Å². The van der Waals surface area contributed by atoms with Gasteiger partial charge in [0.15, 0.2) is 5.76 Å². The third-order valence-corrected chi connectivity index (χ3v) is 5.85. The predicted octanol–water partition coefficient (Wildman–Crippen LogP) is 3.56. The summed E-state index contributed by atoms with van der Waals surface area (Å²) in [4.78, 5) is 15.4. The largest absolute Gasteiger partial charge is 0.497 e. The molecule has 2 aromatic carbocycles.